The number of nitro groups is 1. The van der Waals surface area contributed by atoms with Crippen LogP contribution in [0.1, 0.15) is 0 Å². The van der Waals surface area contributed by atoms with E-state index in [9.17, 15) is 10.1 Å². The van der Waals surface area contributed by atoms with Crippen molar-refractivity contribution in [2.75, 3.05) is 92.6 Å². The van der Waals surface area contributed by atoms with Crippen molar-refractivity contribution in [1.29, 1.82) is 0 Å². The van der Waals surface area contributed by atoms with Crippen molar-refractivity contribution in [3.63, 3.8) is 0 Å². The summed E-state index contributed by atoms with van der Waals surface area (Å²) in [5.41, 5.74) is 4.39. The lowest BCUT2D eigenvalue weighted by atomic mass is 9.99. The van der Waals surface area contributed by atoms with Gasteiger partial charge in [0.05, 0.1) is 19.6 Å². The smallest absolute Gasteiger partial charge is 0.272 e. The highest BCUT2D eigenvalue weighted by atomic mass is 16.6. The molecular formula is C28H39N7O2. The maximum Gasteiger partial charge on any atom is 0.272 e. The third-order valence-electron chi connectivity index (χ3n) is 6.40. The van der Waals surface area contributed by atoms with E-state index in [0.717, 1.165) is 34.1 Å². The molecule has 0 aliphatic carbocycles. The molecule has 0 saturated carbocycles. The molecule has 3 aromatic rings. The molecule has 37 heavy (non-hydrogen) atoms. The SMILES string of the molecule is CN(C)c1ccc(NCC(CNc2ccc(N(C)C)cc2)(CNc2ccc(N(C)C)cc2)[N+](=O)[O-])cc1. The van der Waals surface area contributed by atoms with Crippen molar-refractivity contribution in [1.82, 2.24) is 0 Å². The van der Waals surface area contributed by atoms with Crippen LogP contribution in [0.3, 0.4) is 0 Å². The fourth-order valence-corrected chi connectivity index (χ4v) is 3.81. The fourth-order valence-electron chi connectivity index (χ4n) is 3.81. The zero-order chi connectivity index (χ0) is 27.0. The van der Waals surface area contributed by atoms with Crippen molar-refractivity contribution >= 4 is 34.1 Å². The molecule has 0 aliphatic rings. The third kappa shape index (κ3) is 7.42. The average Bonchev–Trinajstić information content (AvgIpc) is 2.89. The van der Waals surface area contributed by atoms with Crippen LogP contribution < -0.4 is 30.7 Å². The van der Waals surface area contributed by atoms with Gasteiger partial charge in [0, 0.05) is 81.3 Å². The standard InChI is InChI=1S/C28H39N7O2/c1-32(2)25-13-7-22(8-14-25)29-19-28(35(36)37,20-30-23-9-15-26(16-10-23)33(3)4)21-31-24-11-17-27(18-12-24)34(5)6/h7-18,29-31H,19-21H2,1-6H3. The molecule has 0 atom stereocenters. The van der Waals surface area contributed by atoms with E-state index >= 15 is 0 Å². The van der Waals surface area contributed by atoms with Gasteiger partial charge >= 0.3 is 0 Å². The van der Waals surface area contributed by atoms with Crippen LogP contribution >= 0.6 is 0 Å². The Morgan fingerprint density at radius 1 is 0.568 bits per heavy atom. The Kier molecular flexibility index (Phi) is 9.05. The lowest BCUT2D eigenvalue weighted by Crippen LogP contribution is -2.55. The molecule has 0 radical (unpaired) electrons. The highest BCUT2D eigenvalue weighted by Crippen LogP contribution is 2.22. The summed E-state index contributed by atoms with van der Waals surface area (Å²) in [4.78, 5) is 18.4. The van der Waals surface area contributed by atoms with E-state index < -0.39 is 5.54 Å². The van der Waals surface area contributed by atoms with Gasteiger partial charge < -0.3 is 30.7 Å². The van der Waals surface area contributed by atoms with Crippen molar-refractivity contribution in [2.45, 2.75) is 5.54 Å². The quantitative estimate of drug-likeness (QED) is 0.231. The zero-order valence-corrected chi connectivity index (χ0v) is 22.7. The molecule has 0 aromatic heterocycles. The van der Waals surface area contributed by atoms with Gasteiger partial charge in [-0.25, -0.2) is 0 Å². The maximum atomic E-state index is 12.6. The lowest BCUT2D eigenvalue weighted by molar-refractivity contribution is -0.557. The molecule has 0 fully saturated rings. The van der Waals surface area contributed by atoms with Gasteiger partial charge in [0.1, 0.15) is 0 Å². The summed E-state index contributed by atoms with van der Waals surface area (Å²) in [6.07, 6.45) is 0. The topological polar surface area (TPSA) is 89.0 Å². The van der Waals surface area contributed by atoms with Crippen LogP contribution in [0.4, 0.5) is 34.1 Å². The minimum Gasteiger partial charge on any atom is -0.378 e. The number of benzene rings is 3. The van der Waals surface area contributed by atoms with Gasteiger partial charge in [0.15, 0.2) is 0 Å². The molecule has 0 spiro atoms. The fraction of sp³-hybridized carbons (Fsp3) is 0.357. The molecule has 0 aliphatic heterocycles. The second-order valence-corrected chi connectivity index (χ2v) is 9.87. The van der Waals surface area contributed by atoms with Gasteiger partial charge in [-0.2, -0.15) is 0 Å². The van der Waals surface area contributed by atoms with Gasteiger partial charge in [-0.05, 0) is 72.8 Å². The lowest BCUT2D eigenvalue weighted by Gasteiger charge is -2.28. The third-order valence-corrected chi connectivity index (χ3v) is 6.40. The van der Waals surface area contributed by atoms with E-state index in [-0.39, 0.29) is 24.6 Å². The van der Waals surface area contributed by atoms with Crippen LogP contribution in [-0.2, 0) is 0 Å². The number of anilines is 6. The van der Waals surface area contributed by atoms with Crippen molar-refractivity contribution in [3.05, 3.63) is 82.9 Å². The number of hydrogen-bond donors (Lipinski definition) is 3. The number of nitrogens with one attached hydrogen (secondary N) is 3. The number of hydrogen-bond acceptors (Lipinski definition) is 8. The molecule has 0 amide bonds. The summed E-state index contributed by atoms with van der Waals surface area (Å²) in [6.45, 7) is 0.437. The monoisotopic (exact) mass is 505 g/mol. The normalized spacial score (nSPS) is 11.0. The summed E-state index contributed by atoms with van der Waals surface area (Å²) < 4.78 is 0. The highest BCUT2D eigenvalue weighted by molar-refractivity contribution is 5.57. The van der Waals surface area contributed by atoms with Crippen LogP contribution in [-0.4, -0.2) is 72.4 Å². The molecule has 0 bridgehead atoms. The van der Waals surface area contributed by atoms with Gasteiger partial charge in [-0.1, -0.05) is 0 Å². The number of nitrogens with zero attached hydrogens (tertiary/aromatic N) is 4. The zero-order valence-electron chi connectivity index (χ0n) is 22.7. The Bertz CT molecular complexity index is 994. The first kappa shape index (κ1) is 27.4. The molecule has 0 saturated heterocycles. The largest absolute Gasteiger partial charge is 0.378 e. The molecule has 3 N–H and O–H groups in total. The predicted molar refractivity (Wildman–Crippen MR) is 158 cm³/mol. The van der Waals surface area contributed by atoms with Crippen LogP contribution in [0.2, 0.25) is 0 Å². The molecule has 0 unspecified atom stereocenters. The van der Waals surface area contributed by atoms with Gasteiger partial charge in [0.2, 0.25) is 0 Å². The first-order chi connectivity index (χ1) is 17.6. The van der Waals surface area contributed by atoms with Gasteiger partial charge in [0.25, 0.3) is 5.54 Å². The molecule has 0 heterocycles. The number of rotatable bonds is 13. The average molecular weight is 506 g/mol. The molecular weight excluding hydrogens is 466 g/mol. The summed E-state index contributed by atoms with van der Waals surface area (Å²) >= 11 is 0. The Morgan fingerprint density at radius 2 is 0.811 bits per heavy atom. The van der Waals surface area contributed by atoms with E-state index in [4.69, 9.17) is 0 Å². The van der Waals surface area contributed by atoms with E-state index in [1.165, 1.54) is 0 Å². The van der Waals surface area contributed by atoms with E-state index in [2.05, 4.69) is 16.0 Å². The maximum absolute atomic E-state index is 12.6. The summed E-state index contributed by atoms with van der Waals surface area (Å²) in [7, 11) is 11.9. The van der Waals surface area contributed by atoms with Crippen LogP contribution in [0, 0.1) is 10.1 Å². The van der Waals surface area contributed by atoms with Crippen LogP contribution in [0.5, 0.6) is 0 Å². The van der Waals surface area contributed by atoms with Gasteiger partial charge in [-0.15, -0.1) is 0 Å². The molecule has 9 heteroatoms. The summed E-state index contributed by atoms with van der Waals surface area (Å²) in [5.74, 6) is 0. The van der Waals surface area contributed by atoms with E-state index in [1.54, 1.807) is 0 Å². The predicted octanol–water partition coefficient (Wildman–Crippen LogP) is 4.54. The Labute approximate surface area is 220 Å². The van der Waals surface area contributed by atoms with E-state index in [0.29, 0.717) is 0 Å². The van der Waals surface area contributed by atoms with Crippen LogP contribution in [0.25, 0.3) is 0 Å². The van der Waals surface area contributed by atoms with Crippen molar-refractivity contribution in [3.8, 4) is 0 Å². The highest BCUT2D eigenvalue weighted by Gasteiger charge is 2.43. The summed E-state index contributed by atoms with van der Waals surface area (Å²) in [5, 5.41) is 22.5. The van der Waals surface area contributed by atoms with Crippen molar-refractivity contribution < 1.29 is 4.92 Å². The second-order valence-electron chi connectivity index (χ2n) is 9.87. The first-order valence-corrected chi connectivity index (χ1v) is 12.3. The Morgan fingerprint density at radius 3 is 1.00 bits per heavy atom. The summed E-state index contributed by atoms with van der Waals surface area (Å²) in [6, 6.07) is 23.6. The Hall–Kier alpha value is -4.14. The molecule has 198 valence electrons. The first-order valence-electron chi connectivity index (χ1n) is 12.3. The van der Waals surface area contributed by atoms with Crippen molar-refractivity contribution in [2.24, 2.45) is 0 Å². The Balaban J connectivity index is 1.79. The van der Waals surface area contributed by atoms with Gasteiger partial charge in [-0.3, -0.25) is 10.1 Å². The minimum absolute atomic E-state index is 0.146. The molecule has 3 rings (SSSR count). The van der Waals surface area contributed by atoms with Crippen LogP contribution in [0.15, 0.2) is 72.8 Å². The molecule has 9 nitrogen and oxygen atoms in total. The second kappa shape index (κ2) is 12.2. The van der Waals surface area contributed by atoms with E-state index in [1.807, 2.05) is 130 Å². The minimum atomic E-state index is -1.32. The molecule has 3 aromatic carbocycles.